The van der Waals surface area contributed by atoms with Crippen LogP contribution in [0.3, 0.4) is 0 Å². The van der Waals surface area contributed by atoms with Gasteiger partial charge in [0.15, 0.2) is 6.10 Å². The molecule has 0 aliphatic rings. The number of phosphoric ester groups is 2. The predicted octanol–water partition coefficient (Wildman–Crippen LogP) is 32.6. The van der Waals surface area contributed by atoms with E-state index in [9.17, 15) is 43.5 Å². The molecule has 5 atom stereocenters. The van der Waals surface area contributed by atoms with Crippen molar-refractivity contribution in [3.8, 4) is 0 Å². The largest absolute Gasteiger partial charge is 0.472 e. The molecule has 0 aliphatic heterocycles. The van der Waals surface area contributed by atoms with Crippen LogP contribution in [-0.4, -0.2) is 95.9 Å². The van der Waals surface area contributed by atoms with Crippen molar-refractivity contribution in [2.24, 2.45) is 0 Å². The van der Waals surface area contributed by atoms with Crippen LogP contribution in [0, 0.1) is 0 Å². The number of ether oxygens (including phenoxy) is 3. The van der Waals surface area contributed by atoms with Gasteiger partial charge in [-0.05, 0) is 161 Å². The molecule has 0 aliphatic carbocycles. The van der Waals surface area contributed by atoms with Gasteiger partial charge in [0, 0.05) is 19.3 Å². The molecule has 5 unspecified atom stereocenters. The van der Waals surface area contributed by atoms with Gasteiger partial charge in [-0.3, -0.25) is 32.5 Å². The Balaban J connectivity index is 4.59. The number of hydrogen-bond donors (Lipinski definition) is 4. The Bertz CT molecular complexity index is 2990. The van der Waals surface area contributed by atoms with Crippen molar-refractivity contribution in [2.75, 3.05) is 39.6 Å². The Kier molecular flexibility index (Phi) is 95.9. The highest BCUT2D eigenvalue weighted by Crippen LogP contribution is 2.45. The summed E-state index contributed by atoms with van der Waals surface area (Å²) in [6.07, 6.45) is 131. The monoisotopic (exact) mass is 1820 g/mol. The number of hydrogen-bond acceptors (Lipinski definition) is 14. The average Bonchev–Trinajstić information content (AvgIpc) is 0.898. The lowest BCUT2D eigenvalue weighted by Gasteiger charge is -2.21. The zero-order chi connectivity index (χ0) is 92.1. The number of phosphoric acid groups is 2. The summed E-state index contributed by atoms with van der Waals surface area (Å²) < 4.78 is 61.7. The van der Waals surface area contributed by atoms with E-state index in [4.69, 9.17) is 32.3 Å². The first-order chi connectivity index (χ1) is 62.2. The number of aliphatic hydroxyl groups excluding tert-OH is 2. The van der Waals surface area contributed by atoms with Crippen LogP contribution in [-0.2, 0) is 55.8 Å². The van der Waals surface area contributed by atoms with Gasteiger partial charge in [-0.15, -0.1) is 0 Å². The van der Waals surface area contributed by atoms with E-state index in [2.05, 4.69) is 191 Å². The molecule has 0 spiro atoms. The number of rotatable bonds is 97. The molecule has 0 aromatic carbocycles. The number of unbranched alkanes of at least 4 members (excludes halogenated alkanes) is 46. The van der Waals surface area contributed by atoms with Crippen LogP contribution in [0.4, 0.5) is 0 Å². The van der Waals surface area contributed by atoms with Crippen LogP contribution < -0.4 is 0 Å². The van der Waals surface area contributed by atoms with Crippen LogP contribution in [0.25, 0.3) is 0 Å². The summed E-state index contributed by atoms with van der Waals surface area (Å²) >= 11 is 0. The van der Waals surface area contributed by atoms with Crippen molar-refractivity contribution in [1.29, 1.82) is 0 Å². The van der Waals surface area contributed by atoms with Crippen molar-refractivity contribution in [1.82, 2.24) is 0 Å². The molecule has 0 rings (SSSR count). The first-order valence-electron chi connectivity index (χ1n) is 51.4. The van der Waals surface area contributed by atoms with Crippen LogP contribution in [0.2, 0.25) is 0 Å². The summed E-state index contributed by atoms with van der Waals surface area (Å²) in [4.78, 5) is 59.2. The molecule has 0 fully saturated rings. The molecule has 4 N–H and O–H groups in total. The second-order valence-electron chi connectivity index (χ2n) is 34.3. The lowest BCUT2D eigenvalue weighted by molar-refractivity contribution is -0.161. The van der Waals surface area contributed by atoms with Gasteiger partial charge < -0.3 is 34.2 Å². The number of allylic oxidation sites excluding steroid dienone is 28. The molecule has 0 amide bonds. The van der Waals surface area contributed by atoms with Crippen molar-refractivity contribution in [3.63, 3.8) is 0 Å². The van der Waals surface area contributed by atoms with Crippen LogP contribution >= 0.6 is 15.6 Å². The predicted molar refractivity (Wildman–Crippen MR) is 537 cm³/mol. The summed E-state index contributed by atoms with van der Waals surface area (Å²) in [7, 11) is -9.82. The van der Waals surface area contributed by atoms with Crippen molar-refractivity contribution in [2.45, 2.75) is 463 Å². The van der Waals surface area contributed by atoms with Gasteiger partial charge in [-0.2, -0.15) is 0 Å². The highest BCUT2D eigenvalue weighted by atomic mass is 31.2. The zero-order valence-corrected chi connectivity index (χ0v) is 82.7. The zero-order valence-electron chi connectivity index (χ0n) is 80.9. The van der Waals surface area contributed by atoms with Gasteiger partial charge in [0.2, 0.25) is 0 Å². The van der Waals surface area contributed by atoms with Gasteiger partial charge in [0.1, 0.15) is 25.4 Å². The van der Waals surface area contributed by atoms with E-state index in [1.807, 2.05) is 0 Å². The molecule has 16 nitrogen and oxygen atoms in total. The van der Waals surface area contributed by atoms with Gasteiger partial charge in [0.05, 0.1) is 26.4 Å². The lowest BCUT2D eigenvalue weighted by atomic mass is 10.0. The first kappa shape index (κ1) is 122. The number of aliphatic hydroxyl groups is 2. The lowest BCUT2D eigenvalue weighted by Crippen LogP contribution is -2.30. The molecule has 0 aromatic heterocycles. The molecule has 0 aromatic rings. The number of esters is 3. The van der Waals surface area contributed by atoms with Gasteiger partial charge in [0.25, 0.3) is 0 Å². The summed E-state index contributed by atoms with van der Waals surface area (Å²) in [6.45, 7) is 2.58. The second-order valence-corrected chi connectivity index (χ2v) is 37.2. The Morgan fingerprint density at radius 2 is 0.417 bits per heavy atom. The highest BCUT2D eigenvalue weighted by Gasteiger charge is 2.30. The average molecular weight is 1820 g/mol. The quantitative estimate of drug-likeness (QED) is 0.0146. The third kappa shape index (κ3) is 101. The van der Waals surface area contributed by atoms with E-state index in [1.54, 1.807) is 0 Å². The summed E-state index contributed by atoms with van der Waals surface area (Å²) in [5.74, 6) is -1.56. The van der Waals surface area contributed by atoms with Crippen molar-refractivity contribution >= 4 is 33.6 Å². The molecule has 18 heteroatoms. The summed E-state index contributed by atoms with van der Waals surface area (Å²) in [6, 6.07) is 0. The molecule has 730 valence electrons. The molecule has 0 saturated heterocycles. The standard InChI is InChI=1S/C109H188O16P2/c1-4-7-10-13-16-19-22-25-28-31-34-37-40-43-46-48-49-50-51-52-53-55-58-59-62-65-68-71-74-77-80-83-86-89-92-95-107(112)119-98-104(110)99-121-126(115,116)122-100-105(111)101-123-127(117,118)124-103-106(125-109(114)97-94-91-88-85-82-79-76-73-70-67-64-61-56-45-42-39-36-33-30-27-24-21-18-15-12-9-6-3)102-120-108(113)96-93-90-87-84-81-78-75-72-69-66-63-60-57-54-47-44-41-38-35-32-29-26-23-20-17-14-11-8-5-2/h7,10,16-21,25-30,34-39,43-47,49-50,56,104-106,110-111H,4-6,8-9,11-15,22-24,31-33,40-42,48,51-55,57-103H2,1-3H3,(H,115,116)(H,117,118)/b10-7-,19-16-,20-17-,21-18-,28-25-,29-26-,30-27-,37-34-,38-35-,39-36-,46-43-,47-44-,50-49-,56-45-. The minimum absolute atomic E-state index is 0.0982. The normalized spacial score (nSPS) is 14.4. The number of carbonyl (C=O) groups is 3. The molecule has 0 heterocycles. The third-order valence-corrected chi connectivity index (χ3v) is 23.8. The Morgan fingerprint density at radius 1 is 0.228 bits per heavy atom. The maximum atomic E-state index is 13.1. The topological polar surface area (TPSA) is 231 Å². The fraction of sp³-hybridized carbons (Fsp3) is 0.716. The van der Waals surface area contributed by atoms with E-state index in [0.717, 1.165) is 161 Å². The van der Waals surface area contributed by atoms with E-state index in [-0.39, 0.29) is 19.3 Å². The Labute approximate surface area is 777 Å². The maximum absolute atomic E-state index is 13.1. The fourth-order valence-corrected chi connectivity index (χ4v) is 15.7. The molecule has 0 saturated carbocycles. The third-order valence-electron chi connectivity index (χ3n) is 21.9. The number of carbonyl (C=O) groups excluding carboxylic acids is 3. The molecule has 0 radical (unpaired) electrons. The Hall–Kier alpha value is -5.09. The smallest absolute Gasteiger partial charge is 0.463 e. The maximum Gasteiger partial charge on any atom is 0.472 e. The molecule has 127 heavy (non-hydrogen) atoms. The van der Waals surface area contributed by atoms with Crippen molar-refractivity contribution in [3.05, 3.63) is 170 Å². The van der Waals surface area contributed by atoms with Crippen molar-refractivity contribution < 1.29 is 75.8 Å². The highest BCUT2D eigenvalue weighted by molar-refractivity contribution is 7.47. The first-order valence-corrected chi connectivity index (χ1v) is 54.4. The minimum Gasteiger partial charge on any atom is -0.463 e. The van der Waals surface area contributed by atoms with Crippen LogP contribution in [0.15, 0.2) is 170 Å². The minimum atomic E-state index is -4.95. The van der Waals surface area contributed by atoms with Gasteiger partial charge in [-0.1, -0.05) is 435 Å². The molecular formula is C109H188O16P2. The summed E-state index contributed by atoms with van der Waals surface area (Å²) in [5.41, 5.74) is 0. The second kappa shape index (κ2) is 99.9. The Morgan fingerprint density at radius 3 is 0.661 bits per heavy atom. The molecular weight excluding hydrogens is 1630 g/mol. The van der Waals surface area contributed by atoms with E-state index in [1.165, 1.54) is 225 Å². The van der Waals surface area contributed by atoms with E-state index < -0.39 is 91.5 Å². The van der Waals surface area contributed by atoms with Gasteiger partial charge in [-0.25, -0.2) is 9.13 Å². The van der Waals surface area contributed by atoms with E-state index >= 15 is 0 Å². The van der Waals surface area contributed by atoms with Gasteiger partial charge >= 0.3 is 33.6 Å². The van der Waals surface area contributed by atoms with Crippen LogP contribution in [0.1, 0.15) is 445 Å². The molecule has 0 bridgehead atoms. The fourth-order valence-electron chi connectivity index (χ4n) is 14.1. The van der Waals surface area contributed by atoms with E-state index in [0.29, 0.717) is 19.3 Å². The SMILES string of the molecule is CC/C=C\C/C=C\C/C=C\C/C=C\C/C=C\C/C=C\CCCCCCCCCCCCCCCCCCC(=O)OCC(O)COP(=O)(O)OCC(O)COP(=O)(O)OCC(COC(=O)CCCCCCCCCCCCCCC/C=C\C/C=C\C/C=C\C/C=C\CCCCC)OC(=O)CCCCCCCCCCCCC/C=C\C/C=C\C/C=C\C/C=C\CCCCC. The van der Waals surface area contributed by atoms with Crippen LogP contribution in [0.5, 0.6) is 0 Å². The summed E-state index contributed by atoms with van der Waals surface area (Å²) in [5, 5.41) is 20.8.